The molecule has 1 N–H and O–H groups in total. The number of rotatable bonds is 4. The molecular formula is C13H21NO2. The van der Waals surface area contributed by atoms with Gasteiger partial charge in [-0.1, -0.05) is 33.1 Å². The lowest BCUT2D eigenvalue weighted by Crippen LogP contribution is -2.46. The molecule has 0 bridgehead atoms. The SMILES string of the molecule is CC1(C)C(C=O)C1(C=O)NC1CCCCC1. The van der Waals surface area contributed by atoms with E-state index in [1.165, 1.54) is 19.3 Å². The second kappa shape index (κ2) is 3.95. The Morgan fingerprint density at radius 2 is 1.75 bits per heavy atom. The molecule has 0 saturated heterocycles. The Labute approximate surface area is 97.0 Å². The third-order valence-electron chi connectivity index (χ3n) is 4.62. The summed E-state index contributed by atoms with van der Waals surface area (Å²) in [5, 5.41) is 3.45. The summed E-state index contributed by atoms with van der Waals surface area (Å²) in [6, 6.07) is 0.420. The van der Waals surface area contributed by atoms with E-state index in [1.807, 2.05) is 13.8 Å². The zero-order valence-electron chi connectivity index (χ0n) is 10.2. The van der Waals surface area contributed by atoms with E-state index < -0.39 is 5.54 Å². The second-order valence-electron chi connectivity index (χ2n) is 5.80. The van der Waals surface area contributed by atoms with Crippen LogP contribution in [0.3, 0.4) is 0 Å². The van der Waals surface area contributed by atoms with Crippen molar-refractivity contribution in [1.29, 1.82) is 0 Å². The fraction of sp³-hybridized carbons (Fsp3) is 0.846. The minimum Gasteiger partial charge on any atom is -0.303 e. The second-order valence-corrected chi connectivity index (χ2v) is 5.80. The van der Waals surface area contributed by atoms with Crippen LogP contribution in [0, 0.1) is 11.3 Å². The zero-order valence-corrected chi connectivity index (χ0v) is 10.2. The average molecular weight is 223 g/mol. The Morgan fingerprint density at radius 1 is 1.12 bits per heavy atom. The maximum Gasteiger partial charge on any atom is 0.141 e. The molecule has 2 aliphatic carbocycles. The Morgan fingerprint density at radius 3 is 2.19 bits per heavy atom. The largest absolute Gasteiger partial charge is 0.303 e. The van der Waals surface area contributed by atoms with Gasteiger partial charge in [-0.05, 0) is 12.8 Å². The predicted octanol–water partition coefficient (Wildman–Crippen LogP) is 1.70. The number of hydrogen-bond acceptors (Lipinski definition) is 3. The van der Waals surface area contributed by atoms with Crippen LogP contribution in [0.25, 0.3) is 0 Å². The minimum absolute atomic E-state index is 0.153. The van der Waals surface area contributed by atoms with Crippen molar-refractivity contribution in [2.45, 2.75) is 57.5 Å². The summed E-state index contributed by atoms with van der Waals surface area (Å²) in [7, 11) is 0. The summed E-state index contributed by atoms with van der Waals surface area (Å²) in [4.78, 5) is 22.3. The topological polar surface area (TPSA) is 46.2 Å². The van der Waals surface area contributed by atoms with Crippen molar-refractivity contribution >= 4 is 12.6 Å². The molecule has 3 nitrogen and oxygen atoms in total. The molecule has 2 fully saturated rings. The molecule has 0 heterocycles. The van der Waals surface area contributed by atoms with Crippen LogP contribution in [0.5, 0.6) is 0 Å². The van der Waals surface area contributed by atoms with Crippen LogP contribution in [0.4, 0.5) is 0 Å². The fourth-order valence-corrected chi connectivity index (χ4v) is 3.23. The maximum absolute atomic E-state index is 11.3. The molecule has 90 valence electrons. The highest BCUT2D eigenvalue weighted by Gasteiger charge is 2.72. The third-order valence-corrected chi connectivity index (χ3v) is 4.62. The molecule has 2 aliphatic rings. The van der Waals surface area contributed by atoms with Crippen molar-refractivity contribution in [2.75, 3.05) is 0 Å². The lowest BCUT2D eigenvalue weighted by molar-refractivity contribution is -0.114. The molecule has 3 heteroatoms. The van der Waals surface area contributed by atoms with Gasteiger partial charge in [0.2, 0.25) is 0 Å². The van der Waals surface area contributed by atoms with E-state index in [0.29, 0.717) is 6.04 Å². The van der Waals surface area contributed by atoms with Crippen LogP contribution < -0.4 is 5.32 Å². The van der Waals surface area contributed by atoms with Gasteiger partial charge in [0.25, 0.3) is 0 Å². The Kier molecular flexibility index (Phi) is 2.91. The van der Waals surface area contributed by atoms with E-state index >= 15 is 0 Å². The van der Waals surface area contributed by atoms with Gasteiger partial charge in [-0.15, -0.1) is 0 Å². The van der Waals surface area contributed by atoms with Gasteiger partial charge in [0.15, 0.2) is 0 Å². The van der Waals surface area contributed by atoms with E-state index in [0.717, 1.165) is 25.4 Å². The first kappa shape index (κ1) is 11.8. The van der Waals surface area contributed by atoms with Crippen LogP contribution in [-0.4, -0.2) is 24.2 Å². The van der Waals surface area contributed by atoms with Crippen LogP contribution in [-0.2, 0) is 9.59 Å². The molecule has 0 aromatic carbocycles. The molecule has 2 unspecified atom stereocenters. The minimum atomic E-state index is -0.587. The molecule has 0 aromatic heterocycles. The van der Waals surface area contributed by atoms with E-state index in [4.69, 9.17) is 0 Å². The van der Waals surface area contributed by atoms with E-state index in [9.17, 15) is 9.59 Å². The first-order valence-electron chi connectivity index (χ1n) is 6.28. The number of carbonyl (C=O) groups excluding carboxylic acids is 2. The molecule has 2 atom stereocenters. The van der Waals surface area contributed by atoms with Crippen LogP contribution in [0.2, 0.25) is 0 Å². The first-order chi connectivity index (χ1) is 7.58. The molecule has 0 amide bonds. The van der Waals surface area contributed by atoms with Gasteiger partial charge < -0.3 is 14.9 Å². The molecule has 0 aliphatic heterocycles. The highest BCUT2D eigenvalue weighted by molar-refractivity contribution is 5.84. The summed E-state index contributed by atoms with van der Waals surface area (Å²) >= 11 is 0. The molecule has 2 rings (SSSR count). The lowest BCUT2D eigenvalue weighted by Gasteiger charge is -2.27. The molecule has 0 spiro atoms. The monoisotopic (exact) mass is 223 g/mol. The standard InChI is InChI=1S/C13H21NO2/c1-12(2)11(8-15)13(12,9-16)14-10-6-4-3-5-7-10/h8-11,14H,3-7H2,1-2H3. The summed E-state index contributed by atoms with van der Waals surface area (Å²) in [6.07, 6.45) is 7.93. The van der Waals surface area contributed by atoms with Crippen molar-refractivity contribution in [3.63, 3.8) is 0 Å². The third kappa shape index (κ3) is 1.53. The average Bonchev–Trinajstić information content (AvgIpc) is 2.75. The summed E-state index contributed by atoms with van der Waals surface area (Å²) in [5.74, 6) is -0.153. The number of nitrogens with one attached hydrogen (secondary N) is 1. The van der Waals surface area contributed by atoms with Gasteiger partial charge in [0.1, 0.15) is 12.6 Å². The summed E-state index contributed by atoms with van der Waals surface area (Å²) < 4.78 is 0. The highest BCUT2D eigenvalue weighted by Crippen LogP contribution is 2.59. The number of carbonyl (C=O) groups is 2. The molecule has 0 aromatic rings. The maximum atomic E-state index is 11.3. The van der Waals surface area contributed by atoms with Crippen molar-refractivity contribution in [3.8, 4) is 0 Å². The highest BCUT2D eigenvalue weighted by atomic mass is 16.1. The van der Waals surface area contributed by atoms with E-state index in [1.54, 1.807) is 0 Å². The first-order valence-corrected chi connectivity index (χ1v) is 6.28. The molecule has 2 saturated carbocycles. The van der Waals surface area contributed by atoms with E-state index in [2.05, 4.69) is 5.32 Å². The van der Waals surface area contributed by atoms with E-state index in [-0.39, 0.29) is 11.3 Å². The molecule has 0 radical (unpaired) electrons. The smallest absolute Gasteiger partial charge is 0.141 e. The van der Waals surface area contributed by atoms with Crippen molar-refractivity contribution in [2.24, 2.45) is 11.3 Å². The normalized spacial score (nSPS) is 38.0. The Balaban J connectivity index is 2.06. The fourth-order valence-electron chi connectivity index (χ4n) is 3.23. The van der Waals surface area contributed by atoms with Crippen molar-refractivity contribution < 1.29 is 9.59 Å². The predicted molar refractivity (Wildman–Crippen MR) is 62.1 cm³/mol. The molecular weight excluding hydrogens is 202 g/mol. The molecule has 16 heavy (non-hydrogen) atoms. The van der Waals surface area contributed by atoms with Crippen molar-refractivity contribution in [1.82, 2.24) is 5.32 Å². The zero-order chi connectivity index (χ0) is 11.8. The quantitative estimate of drug-likeness (QED) is 0.738. The number of hydrogen-bond donors (Lipinski definition) is 1. The van der Waals surface area contributed by atoms with Gasteiger partial charge in [-0.3, -0.25) is 0 Å². The number of aldehydes is 2. The summed E-state index contributed by atoms with van der Waals surface area (Å²) in [6.45, 7) is 3.99. The van der Waals surface area contributed by atoms with Crippen LogP contribution in [0.15, 0.2) is 0 Å². The van der Waals surface area contributed by atoms with Gasteiger partial charge in [0, 0.05) is 17.4 Å². The van der Waals surface area contributed by atoms with Gasteiger partial charge >= 0.3 is 0 Å². The van der Waals surface area contributed by atoms with Gasteiger partial charge in [0.05, 0.1) is 5.54 Å². The lowest BCUT2D eigenvalue weighted by atomic mass is 9.93. The summed E-state index contributed by atoms with van der Waals surface area (Å²) in [5.41, 5.74) is -0.801. The van der Waals surface area contributed by atoms with Gasteiger partial charge in [-0.25, -0.2) is 0 Å². The Hall–Kier alpha value is -0.700. The van der Waals surface area contributed by atoms with Crippen LogP contribution in [0.1, 0.15) is 46.0 Å². The van der Waals surface area contributed by atoms with Gasteiger partial charge in [-0.2, -0.15) is 0 Å². The Bertz CT molecular complexity index is 294. The van der Waals surface area contributed by atoms with Crippen LogP contribution >= 0.6 is 0 Å². The van der Waals surface area contributed by atoms with Crippen molar-refractivity contribution in [3.05, 3.63) is 0 Å².